The Bertz CT molecular complexity index is 503. The summed E-state index contributed by atoms with van der Waals surface area (Å²) in [5.74, 6) is -0.698. The van der Waals surface area contributed by atoms with Gasteiger partial charge in [-0.2, -0.15) is 0 Å². The molecule has 0 aliphatic heterocycles. The molecule has 0 radical (unpaired) electrons. The summed E-state index contributed by atoms with van der Waals surface area (Å²) in [5.41, 5.74) is -0.156. The molecule has 0 saturated carbocycles. The van der Waals surface area contributed by atoms with E-state index in [1.54, 1.807) is 6.07 Å². The molecular formula is C11H7Br2F2NO. The van der Waals surface area contributed by atoms with Gasteiger partial charge in [-0.1, -0.05) is 6.07 Å². The quantitative estimate of drug-likeness (QED) is 0.852. The Morgan fingerprint density at radius 1 is 1.18 bits per heavy atom. The minimum atomic E-state index is -0.630. The lowest BCUT2D eigenvalue weighted by Gasteiger charge is -2.06. The minimum absolute atomic E-state index is 0.156. The molecule has 17 heavy (non-hydrogen) atoms. The zero-order valence-corrected chi connectivity index (χ0v) is 11.6. The molecular weight excluding hydrogens is 360 g/mol. The third kappa shape index (κ3) is 2.87. The van der Waals surface area contributed by atoms with Gasteiger partial charge in [0.25, 0.3) is 0 Å². The van der Waals surface area contributed by atoms with Crippen molar-refractivity contribution in [2.45, 2.75) is 6.54 Å². The van der Waals surface area contributed by atoms with Crippen LogP contribution in [0.15, 0.2) is 37.8 Å². The summed E-state index contributed by atoms with van der Waals surface area (Å²) in [6.45, 7) is 0.196. The first-order valence-corrected chi connectivity index (χ1v) is 6.28. The second-order valence-corrected chi connectivity index (χ2v) is 4.86. The highest BCUT2D eigenvalue weighted by Crippen LogP contribution is 2.27. The number of para-hydroxylation sites is 1. The molecule has 1 heterocycles. The van der Waals surface area contributed by atoms with E-state index in [1.807, 2.05) is 0 Å². The molecule has 2 nitrogen and oxygen atoms in total. The van der Waals surface area contributed by atoms with Gasteiger partial charge in [0.1, 0.15) is 23.1 Å². The Morgan fingerprint density at radius 3 is 2.35 bits per heavy atom. The van der Waals surface area contributed by atoms with Crippen LogP contribution < -0.4 is 5.32 Å². The first-order chi connectivity index (χ1) is 8.08. The molecule has 1 aromatic heterocycles. The van der Waals surface area contributed by atoms with E-state index in [0.717, 1.165) is 4.47 Å². The van der Waals surface area contributed by atoms with Crippen molar-refractivity contribution in [2.75, 3.05) is 5.32 Å². The van der Waals surface area contributed by atoms with E-state index < -0.39 is 11.6 Å². The third-order valence-electron chi connectivity index (χ3n) is 2.10. The second kappa shape index (κ2) is 5.18. The standard InChI is InChI=1S/C11H7Br2F2NO/c12-7-4-6(17-11(7)13)5-16-10-8(14)2-1-3-9(10)15/h1-4,16H,5H2. The molecule has 0 spiro atoms. The minimum Gasteiger partial charge on any atom is -0.451 e. The number of rotatable bonds is 3. The molecule has 0 saturated heterocycles. The maximum atomic E-state index is 13.3. The summed E-state index contributed by atoms with van der Waals surface area (Å²) in [6, 6.07) is 5.42. The zero-order chi connectivity index (χ0) is 12.4. The van der Waals surface area contributed by atoms with Crippen molar-refractivity contribution < 1.29 is 13.2 Å². The zero-order valence-electron chi connectivity index (χ0n) is 8.44. The van der Waals surface area contributed by atoms with Crippen molar-refractivity contribution in [1.82, 2.24) is 0 Å². The van der Waals surface area contributed by atoms with Crippen molar-refractivity contribution in [2.24, 2.45) is 0 Å². The van der Waals surface area contributed by atoms with Crippen molar-refractivity contribution in [3.63, 3.8) is 0 Å². The molecule has 2 aromatic rings. The third-order valence-corrected chi connectivity index (χ3v) is 3.81. The first-order valence-electron chi connectivity index (χ1n) is 4.69. The van der Waals surface area contributed by atoms with E-state index in [-0.39, 0.29) is 12.2 Å². The van der Waals surface area contributed by atoms with E-state index in [0.29, 0.717) is 10.4 Å². The van der Waals surface area contributed by atoms with Crippen molar-refractivity contribution in [3.8, 4) is 0 Å². The summed E-state index contributed by atoms with van der Waals surface area (Å²) < 4.78 is 33.1. The molecule has 0 atom stereocenters. The van der Waals surface area contributed by atoms with E-state index in [4.69, 9.17) is 4.42 Å². The number of hydrogen-bond acceptors (Lipinski definition) is 2. The van der Waals surface area contributed by atoms with Crippen LogP contribution in [0.4, 0.5) is 14.5 Å². The fourth-order valence-electron chi connectivity index (χ4n) is 1.32. The number of anilines is 1. The van der Waals surface area contributed by atoms with Gasteiger partial charge in [-0.05, 0) is 50.1 Å². The average molecular weight is 367 g/mol. The van der Waals surface area contributed by atoms with Crippen LogP contribution >= 0.6 is 31.9 Å². The Kier molecular flexibility index (Phi) is 3.83. The van der Waals surface area contributed by atoms with Crippen LogP contribution in [0.3, 0.4) is 0 Å². The topological polar surface area (TPSA) is 25.2 Å². The molecule has 0 amide bonds. The Balaban J connectivity index is 2.12. The average Bonchev–Trinajstić information content (AvgIpc) is 2.58. The lowest BCUT2D eigenvalue weighted by atomic mass is 10.3. The van der Waals surface area contributed by atoms with Gasteiger partial charge in [-0.3, -0.25) is 0 Å². The van der Waals surface area contributed by atoms with E-state index in [2.05, 4.69) is 37.2 Å². The molecule has 1 aromatic carbocycles. The van der Waals surface area contributed by atoms with Crippen LogP contribution in [0.25, 0.3) is 0 Å². The number of halogens is 4. The number of furan rings is 1. The van der Waals surface area contributed by atoms with Crippen LogP contribution in [0.1, 0.15) is 5.76 Å². The van der Waals surface area contributed by atoms with Crippen LogP contribution in [-0.4, -0.2) is 0 Å². The predicted octanol–water partition coefficient (Wildman–Crippen LogP) is 4.69. The molecule has 0 unspecified atom stereocenters. The van der Waals surface area contributed by atoms with Crippen molar-refractivity contribution in [1.29, 1.82) is 0 Å². The molecule has 0 fully saturated rings. The lowest BCUT2D eigenvalue weighted by Crippen LogP contribution is -2.02. The van der Waals surface area contributed by atoms with Gasteiger partial charge in [-0.15, -0.1) is 0 Å². The molecule has 90 valence electrons. The second-order valence-electron chi connectivity index (χ2n) is 3.28. The maximum Gasteiger partial charge on any atom is 0.183 e. The molecule has 0 aliphatic carbocycles. The Morgan fingerprint density at radius 2 is 1.82 bits per heavy atom. The summed E-state index contributed by atoms with van der Waals surface area (Å²) in [7, 11) is 0. The molecule has 1 N–H and O–H groups in total. The van der Waals surface area contributed by atoms with Gasteiger partial charge in [0, 0.05) is 0 Å². The summed E-state index contributed by atoms with van der Waals surface area (Å²) >= 11 is 6.44. The van der Waals surface area contributed by atoms with Crippen LogP contribution in [-0.2, 0) is 6.54 Å². The number of nitrogens with one attached hydrogen (secondary N) is 1. The predicted molar refractivity (Wildman–Crippen MR) is 67.8 cm³/mol. The molecule has 6 heteroatoms. The smallest absolute Gasteiger partial charge is 0.183 e. The highest BCUT2D eigenvalue weighted by Gasteiger charge is 2.10. The van der Waals surface area contributed by atoms with Crippen molar-refractivity contribution >= 4 is 37.5 Å². The van der Waals surface area contributed by atoms with E-state index in [9.17, 15) is 8.78 Å². The number of hydrogen-bond donors (Lipinski definition) is 1. The SMILES string of the molecule is Fc1cccc(F)c1NCc1cc(Br)c(Br)o1. The fourth-order valence-corrected chi connectivity index (χ4v) is 1.98. The van der Waals surface area contributed by atoms with E-state index in [1.165, 1.54) is 18.2 Å². The molecule has 0 aliphatic rings. The maximum absolute atomic E-state index is 13.3. The lowest BCUT2D eigenvalue weighted by molar-refractivity contribution is 0.493. The highest BCUT2D eigenvalue weighted by molar-refractivity contribution is 9.13. The summed E-state index contributed by atoms with van der Waals surface area (Å²) in [5, 5.41) is 2.65. The summed E-state index contributed by atoms with van der Waals surface area (Å²) in [6.07, 6.45) is 0. The van der Waals surface area contributed by atoms with Crippen molar-refractivity contribution in [3.05, 3.63) is 50.8 Å². The van der Waals surface area contributed by atoms with Crippen LogP contribution in [0.5, 0.6) is 0 Å². The fraction of sp³-hybridized carbons (Fsp3) is 0.0909. The normalized spacial score (nSPS) is 10.6. The Labute approximate surface area is 113 Å². The molecule has 0 bridgehead atoms. The first kappa shape index (κ1) is 12.6. The number of benzene rings is 1. The van der Waals surface area contributed by atoms with Crippen LogP contribution in [0.2, 0.25) is 0 Å². The van der Waals surface area contributed by atoms with Gasteiger partial charge in [-0.25, -0.2) is 8.78 Å². The van der Waals surface area contributed by atoms with Gasteiger partial charge in [0.15, 0.2) is 4.67 Å². The van der Waals surface area contributed by atoms with Crippen LogP contribution in [0, 0.1) is 11.6 Å². The van der Waals surface area contributed by atoms with Gasteiger partial charge in [0.05, 0.1) is 11.0 Å². The largest absolute Gasteiger partial charge is 0.451 e. The highest BCUT2D eigenvalue weighted by atomic mass is 79.9. The van der Waals surface area contributed by atoms with Gasteiger partial charge in [0.2, 0.25) is 0 Å². The van der Waals surface area contributed by atoms with E-state index >= 15 is 0 Å². The Hall–Kier alpha value is -0.880. The summed E-state index contributed by atoms with van der Waals surface area (Å²) in [4.78, 5) is 0. The molecule has 2 rings (SSSR count). The monoisotopic (exact) mass is 365 g/mol. The van der Waals surface area contributed by atoms with Gasteiger partial charge >= 0.3 is 0 Å². The van der Waals surface area contributed by atoms with Gasteiger partial charge < -0.3 is 9.73 Å².